The Morgan fingerprint density at radius 2 is 2.13 bits per heavy atom. The Morgan fingerprint density at radius 1 is 1.39 bits per heavy atom. The van der Waals surface area contributed by atoms with Crippen molar-refractivity contribution < 1.29 is 0 Å². The Bertz CT molecular complexity index is 486. The van der Waals surface area contributed by atoms with Gasteiger partial charge in [0.2, 0.25) is 0 Å². The summed E-state index contributed by atoms with van der Waals surface area (Å²) in [4.78, 5) is 10.7. The van der Waals surface area contributed by atoms with Gasteiger partial charge in [-0.15, -0.1) is 24.0 Å². The molecule has 0 amide bonds. The molecule has 0 saturated heterocycles. The van der Waals surface area contributed by atoms with Gasteiger partial charge < -0.3 is 15.5 Å². The van der Waals surface area contributed by atoms with Crippen LogP contribution in [-0.4, -0.2) is 56.1 Å². The molecule has 1 saturated carbocycles. The van der Waals surface area contributed by atoms with Crippen LogP contribution in [0, 0.1) is 5.92 Å². The molecule has 23 heavy (non-hydrogen) atoms. The van der Waals surface area contributed by atoms with E-state index in [1.165, 1.54) is 12.8 Å². The van der Waals surface area contributed by atoms with E-state index in [0.717, 1.165) is 37.0 Å². The summed E-state index contributed by atoms with van der Waals surface area (Å²) in [5.74, 6) is 1.69. The average Bonchev–Trinajstić information content (AvgIpc) is 3.32. The van der Waals surface area contributed by atoms with Crippen molar-refractivity contribution in [3.05, 3.63) is 29.0 Å². The van der Waals surface area contributed by atoms with E-state index in [0.29, 0.717) is 11.2 Å². The van der Waals surface area contributed by atoms with Gasteiger partial charge in [-0.25, -0.2) is 4.98 Å². The lowest BCUT2D eigenvalue weighted by atomic mass is 10.1. The number of nitrogens with zero attached hydrogens (tertiary/aromatic N) is 3. The van der Waals surface area contributed by atoms with Crippen molar-refractivity contribution in [3.8, 4) is 0 Å². The maximum absolute atomic E-state index is 5.79. The molecule has 130 valence electrons. The second-order valence-electron chi connectivity index (χ2n) is 5.99. The lowest BCUT2D eigenvalue weighted by Gasteiger charge is -2.25. The quantitative estimate of drug-likeness (QED) is 0.289. The predicted octanol–water partition coefficient (Wildman–Crippen LogP) is 2.40. The number of hydrogen-bond donors (Lipinski definition) is 2. The summed E-state index contributed by atoms with van der Waals surface area (Å²) in [6.45, 7) is 1.75. The van der Waals surface area contributed by atoms with Gasteiger partial charge in [0, 0.05) is 32.4 Å². The third-order valence-electron chi connectivity index (χ3n) is 4.03. The van der Waals surface area contributed by atoms with E-state index in [4.69, 9.17) is 11.6 Å². The minimum atomic E-state index is 0. The number of likely N-dealkylation sites (N-methyl/N-ethyl adjacent to an activating group) is 1. The van der Waals surface area contributed by atoms with Crippen molar-refractivity contribution in [1.29, 1.82) is 0 Å². The fraction of sp³-hybridized carbons (Fsp3) is 0.625. The van der Waals surface area contributed by atoms with Gasteiger partial charge in [0.1, 0.15) is 5.15 Å². The molecule has 0 aliphatic heterocycles. The predicted molar refractivity (Wildman–Crippen MR) is 108 cm³/mol. The van der Waals surface area contributed by atoms with Crippen LogP contribution >= 0.6 is 35.6 Å². The van der Waals surface area contributed by atoms with Crippen LogP contribution in [0.15, 0.2) is 23.3 Å². The van der Waals surface area contributed by atoms with Gasteiger partial charge in [-0.2, -0.15) is 0 Å². The minimum absolute atomic E-state index is 0. The Balaban J connectivity index is 0.00000264. The maximum atomic E-state index is 5.79. The second-order valence-corrected chi connectivity index (χ2v) is 6.37. The maximum Gasteiger partial charge on any atom is 0.191 e. The van der Waals surface area contributed by atoms with E-state index < -0.39 is 0 Å². The van der Waals surface area contributed by atoms with Gasteiger partial charge in [0.25, 0.3) is 0 Å². The van der Waals surface area contributed by atoms with Crippen LogP contribution in [-0.2, 0) is 6.42 Å². The van der Waals surface area contributed by atoms with Crippen LogP contribution in [0.5, 0.6) is 0 Å². The average molecular weight is 452 g/mol. The number of guanidine groups is 1. The van der Waals surface area contributed by atoms with Crippen molar-refractivity contribution in [3.63, 3.8) is 0 Å². The first-order chi connectivity index (χ1) is 10.6. The summed E-state index contributed by atoms with van der Waals surface area (Å²) in [7, 11) is 6.10. The molecule has 0 spiro atoms. The van der Waals surface area contributed by atoms with Crippen molar-refractivity contribution >= 4 is 41.5 Å². The lowest BCUT2D eigenvalue weighted by molar-refractivity contribution is 0.264. The van der Waals surface area contributed by atoms with Crippen molar-refractivity contribution in [1.82, 2.24) is 20.5 Å². The third-order valence-corrected chi connectivity index (χ3v) is 4.25. The molecular formula is C16H27ClIN5. The highest BCUT2D eigenvalue weighted by Crippen LogP contribution is 2.34. The molecule has 7 heteroatoms. The summed E-state index contributed by atoms with van der Waals surface area (Å²) in [5, 5.41) is 7.31. The molecular weight excluding hydrogens is 425 g/mol. The van der Waals surface area contributed by atoms with Crippen LogP contribution in [0.2, 0.25) is 5.15 Å². The molecule has 1 aromatic heterocycles. The van der Waals surface area contributed by atoms with E-state index in [-0.39, 0.29) is 24.0 Å². The first-order valence-corrected chi connectivity index (χ1v) is 8.19. The third kappa shape index (κ3) is 7.22. The number of rotatable bonds is 7. The van der Waals surface area contributed by atoms with Gasteiger partial charge in [-0.3, -0.25) is 4.99 Å². The second kappa shape index (κ2) is 10.3. The molecule has 0 aromatic carbocycles. The smallest absolute Gasteiger partial charge is 0.191 e. The highest BCUT2D eigenvalue weighted by molar-refractivity contribution is 14.0. The molecule has 1 fully saturated rings. The van der Waals surface area contributed by atoms with E-state index in [2.05, 4.69) is 39.6 Å². The zero-order chi connectivity index (χ0) is 15.9. The molecule has 1 aliphatic carbocycles. The Labute approximate surface area is 161 Å². The van der Waals surface area contributed by atoms with Gasteiger partial charge in [0.05, 0.1) is 0 Å². The fourth-order valence-electron chi connectivity index (χ4n) is 2.55. The first kappa shape index (κ1) is 20.4. The van der Waals surface area contributed by atoms with E-state index in [9.17, 15) is 0 Å². The van der Waals surface area contributed by atoms with Gasteiger partial charge in [0.15, 0.2) is 5.96 Å². The van der Waals surface area contributed by atoms with E-state index in [1.807, 2.05) is 18.3 Å². The number of aromatic nitrogens is 1. The molecule has 1 unspecified atom stereocenters. The Kier molecular flexibility index (Phi) is 9.16. The summed E-state index contributed by atoms with van der Waals surface area (Å²) in [6.07, 6.45) is 5.40. The molecule has 2 rings (SSSR count). The standard InChI is InChI=1S/C16H26ClN5.HI/c1-18-16(21-11-14(22(2)3)13-5-6-13)19-9-8-12-4-7-15(17)20-10-12;/h4,7,10,13-14H,5-6,8-9,11H2,1-3H3,(H2,18,19,21);1H. The molecule has 1 atom stereocenters. The summed E-state index contributed by atoms with van der Waals surface area (Å²) >= 11 is 5.79. The molecule has 1 heterocycles. The van der Waals surface area contributed by atoms with E-state index in [1.54, 1.807) is 7.05 Å². The zero-order valence-electron chi connectivity index (χ0n) is 14.1. The summed E-state index contributed by atoms with van der Waals surface area (Å²) in [5.41, 5.74) is 1.16. The summed E-state index contributed by atoms with van der Waals surface area (Å²) in [6, 6.07) is 4.41. The van der Waals surface area contributed by atoms with Gasteiger partial charge in [-0.05, 0) is 50.9 Å². The van der Waals surface area contributed by atoms with Crippen LogP contribution in [0.4, 0.5) is 0 Å². The first-order valence-electron chi connectivity index (χ1n) is 7.81. The fourth-order valence-corrected chi connectivity index (χ4v) is 2.67. The number of halogens is 2. The van der Waals surface area contributed by atoms with Crippen LogP contribution in [0.1, 0.15) is 18.4 Å². The minimum Gasteiger partial charge on any atom is -0.356 e. The van der Waals surface area contributed by atoms with Crippen LogP contribution in [0.25, 0.3) is 0 Å². The van der Waals surface area contributed by atoms with Crippen LogP contribution < -0.4 is 10.6 Å². The van der Waals surface area contributed by atoms with E-state index >= 15 is 0 Å². The highest BCUT2D eigenvalue weighted by Gasteiger charge is 2.32. The van der Waals surface area contributed by atoms with Crippen molar-refractivity contribution in [2.75, 3.05) is 34.2 Å². The molecule has 1 aliphatic rings. The molecule has 0 radical (unpaired) electrons. The molecule has 2 N–H and O–H groups in total. The Morgan fingerprint density at radius 3 is 2.65 bits per heavy atom. The lowest BCUT2D eigenvalue weighted by Crippen LogP contribution is -2.46. The molecule has 1 aromatic rings. The zero-order valence-corrected chi connectivity index (χ0v) is 17.1. The Hall–Kier alpha value is -0.600. The normalized spacial score (nSPS) is 16.0. The van der Waals surface area contributed by atoms with Crippen LogP contribution in [0.3, 0.4) is 0 Å². The highest BCUT2D eigenvalue weighted by atomic mass is 127. The molecule has 0 bridgehead atoms. The monoisotopic (exact) mass is 451 g/mol. The SMILES string of the molecule is CN=C(NCCc1ccc(Cl)nc1)NCC(C1CC1)N(C)C.I. The van der Waals surface area contributed by atoms with Gasteiger partial charge >= 0.3 is 0 Å². The number of pyridine rings is 1. The number of hydrogen-bond acceptors (Lipinski definition) is 3. The van der Waals surface area contributed by atoms with Crippen molar-refractivity contribution in [2.24, 2.45) is 10.9 Å². The van der Waals surface area contributed by atoms with Crippen molar-refractivity contribution in [2.45, 2.75) is 25.3 Å². The molecule has 5 nitrogen and oxygen atoms in total. The summed E-state index contributed by atoms with van der Waals surface area (Å²) < 4.78 is 0. The largest absolute Gasteiger partial charge is 0.356 e. The topological polar surface area (TPSA) is 52.6 Å². The number of aliphatic imine (C=N–C) groups is 1. The number of nitrogens with one attached hydrogen (secondary N) is 2. The van der Waals surface area contributed by atoms with Gasteiger partial charge in [-0.1, -0.05) is 17.7 Å².